The molecular weight excluding hydrogens is 435 g/mol. The molecule has 0 aromatic heterocycles. The topological polar surface area (TPSA) is 34.1 Å². The van der Waals surface area contributed by atoms with Crippen LogP contribution < -0.4 is 0 Å². The number of ketones is 2. The molecule has 3 aliphatic carbocycles. The second kappa shape index (κ2) is 11.0. The summed E-state index contributed by atoms with van der Waals surface area (Å²) in [7, 11) is 0. The number of allylic oxidation sites excluding steroid dienone is 8. The maximum absolute atomic E-state index is 14.3. The second-order valence-corrected chi connectivity index (χ2v) is 11.1. The first-order chi connectivity index (χ1) is 16.8. The number of halogens is 1. The molecular formula is C32H39FO2. The molecule has 3 atom stereocenters. The number of alkyl halides is 1. The highest BCUT2D eigenvalue weighted by Crippen LogP contribution is 2.40. The molecule has 2 nitrogen and oxygen atoms in total. The Morgan fingerprint density at radius 3 is 2.71 bits per heavy atom. The lowest BCUT2D eigenvalue weighted by Gasteiger charge is -2.17. The first-order valence-electron chi connectivity index (χ1n) is 13.4. The number of hydrogen-bond donors (Lipinski definition) is 0. The summed E-state index contributed by atoms with van der Waals surface area (Å²) in [6.45, 7) is 5.33. The van der Waals surface area contributed by atoms with Crippen LogP contribution in [0.3, 0.4) is 0 Å². The summed E-state index contributed by atoms with van der Waals surface area (Å²) in [6.07, 6.45) is 17.9. The molecule has 0 heterocycles. The average molecular weight is 475 g/mol. The van der Waals surface area contributed by atoms with E-state index in [-0.39, 0.29) is 11.8 Å². The van der Waals surface area contributed by atoms with Crippen molar-refractivity contribution in [2.24, 2.45) is 11.8 Å². The molecule has 3 heteroatoms. The van der Waals surface area contributed by atoms with Crippen LogP contribution >= 0.6 is 0 Å². The first kappa shape index (κ1) is 25.5. The van der Waals surface area contributed by atoms with Gasteiger partial charge in [0.2, 0.25) is 0 Å². The zero-order valence-electron chi connectivity index (χ0n) is 21.5. The number of Topliss-reactive ketones (excluding diaryl/α,β-unsaturated/α-hetero) is 2. The third-order valence-electron chi connectivity index (χ3n) is 7.93. The lowest BCUT2D eigenvalue weighted by molar-refractivity contribution is -0.120. The molecule has 4 rings (SSSR count). The van der Waals surface area contributed by atoms with E-state index < -0.39 is 5.67 Å². The van der Waals surface area contributed by atoms with Crippen molar-refractivity contribution in [2.45, 2.75) is 90.1 Å². The van der Waals surface area contributed by atoms with Crippen LogP contribution in [0.15, 0.2) is 65.8 Å². The molecule has 35 heavy (non-hydrogen) atoms. The van der Waals surface area contributed by atoms with Gasteiger partial charge in [0.05, 0.1) is 0 Å². The summed E-state index contributed by atoms with van der Waals surface area (Å²) in [5, 5.41) is 0. The predicted molar refractivity (Wildman–Crippen MR) is 142 cm³/mol. The fourth-order valence-electron chi connectivity index (χ4n) is 5.91. The molecule has 1 fully saturated rings. The Hall–Kier alpha value is -2.55. The normalized spacial score (nSPS) is 22.9. The number of rotatable bonds is 11. The maximum atomic E-state index is 14.3. The van der Waals surface area contributed by atoms with Crippen LogP contribution in [0.5, 0.6) is 0 Å². The molecule has 0 spiro atoms. The molecule has 0 amide bonds. The van der Waals surface area contributed by atoms with Gasteiger partial charge in [-0.15, -0.1) is 0 Å². The van der Waals surface area contributed by atoms with E-state index in [4.69, 9.17) is 0 Å². The summed E-state index contributed by atoms with van der Waals surface area (Å²) in [5.74, 6) is 1.12. The Morgan fingerprint density at radius 2 is 2.03 bits per heavy atom. The van der Waals surface area contributed by atoms with Crippen LogP contribution in [0.4, 0.5) is 4.39 Å². The third kappa shape index (κ3) is 6.18. The van der Waals surface area contributed by atoms with Gasteiger partial charge in [0.25, 0.3) is 0 Å². The molecule has 3 unspecified atom stereocenters. The van der Waals surface area contributed by atoms with Crippen molar-refractivity contribution in [2.75, 3.05) is 0 Å². The summed E-state index contributed by atoms with van der Waals surface area (Å²) in [4.78, 5) is 25.8. The van der Waals surface area contributed by atoms with E-state index in [0.717, 1.165) is 79.2 Å². The van der Waals surface area contributed by atoms with Gasteiger partial charge >= 0.3 is 0 Å². The van der Waals surface area contributed by atoms with E-state index in [1.54, 1.807) is 13.8 Å². The van der Waals surface area contributed by atoms with Crippen molar-refractivity contribution >= 4 is 17.1 Å². The van der Waals surface area contributed by atoms with Gasteiger partial charge in [-0.05, 0) is 86.1 Å². The highest BCUT2D eigenvalue weighted by atomic mass is 19.1. The SMILES string of the molecule is CCCC(CCCC1CC(=O)C(c2cccc(C3=CC(C(C)(C)F)=CC3)c2)C1)C(=O)C1=CC=CC1. The Bertz CT molecular complexity index is 1080. The molecule has 1 saturated carbocycles. The summed E-state index contributed by atoms with van der Waals surface area (Å²) < 4.78 is 14.3. The van der Waals surface area contributed by atoms with Gasteiger partial charge in [-0.25, -0.2) is 4.39 Å². The Morgan fingerprint density at radius 1 is 1.20 bits per heavy atom. The second-order valence-electron chi connectivity index (χ2n) is 11.1. The van der Waals surface area contributed by atoms with E-state index in [1.807, 2.05) is 30.4 Å². The van der Waals surface area contributed by atoms with Crippen LogP contribution in [0.2, 0.25) is 0 Å². The number of carbonyl (C=O) groups excluding carboxylic acids is 2. The Balaban J connectivity index is 1.34. The van der Waals surface area contributed by atoms with Crippen molar-refractivity contribution in [3.8, 4) is 0 Å². The predicted octanol–water partition coefficient (Wildman–Crippen LogP) is 8.25. The lowest BCUT2D eigenvalue weighted by Crippen LogP contribution is -2.16. The zero-order chi connectivity index (χ0) is 25.0. The van der Waals surface area contributed by atoms with Crippen molar-refractivity contribution < 1.29 is 14.0 Å². The van der Waals surface area contributed by atoms with Crippen LogP contribution in [-0.2, 0) is 9.59 Å². The summed E-state index contributed by atoms with van der Waals surface area (Å²) in [5.41, 5.74) is 3.65. The molecule has 3 aliphatic rings. The van der Waals surface area contributed by atoms with Gasteiger partial charge in [0, 0.05) is 18.3 Å². The molecule has 0 radical (unpaired) electrons. The van der Waals surface area contributed by atoms with Crippen molar-refractivity contribution in [1.29, 1.82) is 0 Å². The van der Waals surface area contributed by atoms with Crippen LogP contribution in [0.1, 0.15) is 95.6 Å². The largest absolute Gasteiger partial charge is 0.299 e. The molecule has 0 aliphatic heterocycles. The average Bonchev–Trinajstić information content (AvgIpc) is 3.59. The third-order valence-corrected chi connectivity index (χ3v) is 7.93. The molecule has 0 N–H and O–H groups in total. The fraction of sp³-hybridized carbons (Fsp3) is 0.500. The minimum atomic E-state index is -1.33. The standard InChI is InChI=1S/C32H39FO2/c1-4-9-23(31(35)24-11-5-6-12-24)13-7-10-22-18-29(30(34)19-22)27-15-8-14-25(20-27)26-16-17-28(21-26)32(2,3)33/h5-6,8,11,14-15,17,20-23,29H,4,7,9-10,12-13,16,18-19H2,1-3H3. The van der Waals surface area contributed by atoms with Gasteiger partial charge in [0.15, 0.2) is 5.78 Å². The molecule has 1 aromatic rings. The zero-order valence-corrected chi connectivity index (χ0v) is 21.5. The minimum Gasteiger partial charge on any atom is -0.299 e. The van der Waals surface area contributed by atoms with E-state index in [9.17, 15) is 14.0 Å². The van der Waals surface area contributed by atoms with Gasteiger partial charge in [-0.3, -0.25) is 9.59 Å². The van der Waals surface area contributed by atoms with Crippen molar-refractivity contribution in [3.63, 3.8) is 0 Å². The fourth-order valence-corrected chi connectivity index (χ4v) is 5.91. The maximum Gasteiger partial charge on any atom is 0.162 e. The number of benzene rings is 1. The smallest absolute Gasteiger partial charge is 0.162 e. The summed E-state index contributed by atoms with van der Waals surface area (Å²) in [6, 6.07) is 8.29. The van der Waals surface area contributed by atoms with Gasteiger partial charge < -0.3 is 0 Å². The number of hydrogen-bond acceptors (Lipinski definition) is 2. The molecule has 1 aromatic carbocycles. The van der Waals surface area contributed by atoms with Crippen LogP contribution in [-0.4, -0.2) is 17.2 Å². The van der Waals surface area contributed by atoms with Gasteiger partial charge in [-0.1, -0.05) is 74.4 Å². The van der Waals surface area contributed by atoms with Gasteiger partial charge in [-0.2, -0.15) is 0 Å². The summed E-state index contributed by atoms with van der Waals surface area (Å²) >= 11 is 0. The van der Waals surface area contributed by atoms with Crippen LogP contribution in [0.25, 0.3) is 5.57 Å². The minimum absolute atomic E-state index is 0.0465. The van der Waals surface area contributed by atoms with Crippen molar-refractivity contribution in [3.05, 3.63) is 76.9 Å². The van der Waals surface area contributed by atoms with Crippen LogP contribution in [0, 0.1) is 11.8 Å². The number of carbonyl (C=O) groups is 2. The molecule has 0 bridgehead atoms. The van der Waals surface area contributed by atoms with E-state index in [0.29, 0.717) is 23.9 Å². The highest BCUT2D eigenvalue weighted by Gasteiger charge is 2.34. The quantitative estimate of drug-likeness (QED) is 0.323. The van der Waals surface area contributed by atoms with Gasteiger partial charge in [0.1, 0.15) is 11.5 Å². The molecule has 0 saturated heterocycles. The van der Waals surface area contributed by atoms with E-state index >= 15 is 0 Å². The van der Waals surface area contributed by atoms with Crippen molar-refractivity contribution in [1.82, 2.24) is 0 Å². The Kier molecular flexibility index (Phi) is 8.04. The monoisotopic (exact) mass is 474 g/mol. The van der Waals surface area contributed by atoms with E-state index in [1.165, 1.54) is 0 Å². The lowest BCUT2D eigenvalue weighted by atomic mass is 9.86. The van der Waals surface area contributed by atoms with E-state index in [2.05, 4.69) is 31.2 Å². The first-order valence-corrected chi connectivity index (χ1v) is 13.4. The highest BCUT2D eigenvalue weighted by molar-refractivity contribution is 5.98. The Labute approximate surface area is 210 Å². The molecule has 186 valence electrons.